The van der Waals surface area contributed by atoms with Crippen LogP contribution in [0.4, 0.5) is 0 Å². The Morgan fingerprint density at radius 3 is 1.39 bits per heavy atom. The normalized spacial score (nSPS) is 21.1. The lowest BCUT2D eigenvalue weighted by Crippen LogP contribution is -2.37. The summed E-state index contributed by atoms with van der Waals surface area (Å²) in [6, 6.07) is 0. The van der Waals surface area contributed by atoms with Gasteiger partial charge in [0.2, 0.25) is 0 Å². The summed E-state index contributed by atoms with van der Waals surface area (Å²) in [6.07, 6.45) is 9.56. The van der Waals surface area contributed by atoms with Crippen LogP contribution in [-0.4, -0.2) is 73.2 Å². The number of esters is 2. The summed E-state index contributed by atoms with van der Waals surface area (Å²) in [5.74, 6) is -0.312. The second-order valence-corrected chi connectivity index (χ2v) is 8.53. The Kier molecular flexibility index (Phi) is 10.9. The van der Waals surface area contributed by atoms with E-state index in [-0.39, 0.29) is 24.1 Å². The van der Waals surface area contributed by atoms with Crippen molar-refractivity contribution in [1.82, 2.24) is 9.80 Å². The molecule has 0 aromatic rings. The predicted octanol–water partition coefficient (Wildman–Crippen LogP) is 3.38. The van der Waals surface area contributed by atoms with E-state index in [2.05, 4.69) is 9.80 Å². The first-order valence-electron chi connectivity index (χ1n) is 11.4. The highest BCUT2D eigenvalue weighted by molar-refractivity contribution is 5.70. The Bertz CT molecular complexity index is 417. The molecule has 0 saturated carbocycles. The molecule has 0 amide bonds. The van der Waals surface area contributed by atoms with Crippen molar-refractivity contribution in [3.8, 4) is 0 Å². The summed E-state index contributed by atoms with van der Waals surface area (Å²) in [4.78, 5) is 28.7. The molecule has 6 nitrogen and oxygen atoms in total. The molecule has 2 atom stereocenters. The van der Waals surface area contributed by atoms with Crippen LogP contribution < -0.4 is 0 Å². The maximum atomic E-state index is 12.0. The Hall–Kier alpha value is -1.14. The smallest absolute Gasteiger partial charge is 0.306 e. The number of hydrogen-bond donors (Lipinski definition) is 0. The molecule has 6 heteroatoms. The van der Waals surface area contributed by atoms with E-state index in [1.165, 1.54) is 38.5 Å². The molecule has 0 aromatic carbocycles. The van der Waals surface area contributed by atoms with Crippen molar-refractivity contribution in [3.63, 3.8) is 0 Å². The molecule has 162 valence electrons. The van der Waals surface area contributed by atoms with Crippen LogP contribution in [-0.2, 0) is 19.1 Å². The zero-order valence-corrected chi connectivity index (χ0v) is 18.0. The van der Waals surface area contributed by atoms with Crippen molar-refractivity contribution in [1.29, 1.82) is 0 Å². The number of piperidine rings is 2. The minimum Gasteiger partial charge on any atom is -0.461 e. The number of hydrogen-bond acceptors (Lipinski definition) is 6. The van der Waals surface area contributed by atoms with Gasteiger partial charge in [-0.25, -0.2) is 0 Å². The topological polar surface area (TPSA) is 59.1 Å². The first-order valence-corrected chi connectivity index (χ1v) is 11.4. The zero-order valence-electron chi connectivity index (χ0n) is 18.0. The van der Waals surface area contributed by atoms with Gasteiger partial charge >= 0.3 is 11.9 Å². The third kappa shape index (κ3) is 9.87. The van der Waals surface area contributed by atoms with E-state index in [0.717, 1.165) is 39.3 Å². The standard InChI is InChI=1S/C22H40N2O4/c1-19(17-23-13-7-3-8-14-23)27-21(25)11-5-6-12-22(26)28-20(2)18-24-15-9-4-10-16-24/h19-20H,3-18H2,1-2H3/t19-,20-/m1/s1. The van der Waals surface area contributed by atoms with Crippen LogP contribution in [0, 0.1) is 0 Å². The second kappa shape index (κ2) is 13.2. The molecule has 0 aliphatic carbocycles. The van der Waals surface area contributed by atoms with Crippen molar-refractivity contribution in [2.45, 2.75) is 90.3 Å². The van der Waals surface area contributed by atoms with E-state index in [0.29, 0.717) is 25.7 Å². The fourth-order valence-electron chi connectivity index (χ4n) is 4.19. The van der Waals surface area contributed by atoms with Gasteiger partial charge < -0.3 is 9.47 Å². The van der Waals surface area contributed by atoms with Crippen LogP contribution in [0.15, 0.2) is 0 Å². The molecule has 28 heavy (non-hydrogen) atoms. The lowest BCUT2D eigenvalue weighted by molar-refractivity contribution is -0.151. The van der Waals surface area contributed by atoms with Gasteiger partial charge in [-0.2, -0.15) is 0 Å². The SMILES string of the molecule is C[C@H](CN1CCCCC1)OC(=O)CCCCC(=O)O[C@H](C)CN1CCCCC1. The summed E-state index contributed by atoms with van der Waals surface area (Å²) in [5, 5.41) is 0. The summed E-state index contributed by atoms with van der Waals surface area (Å²) >= 11 is 0. The zero-order chi connectivity index (χ0) is 20.2. The number of likely N-dealkylation sites (tertiary alicyclic amines) is 2. The van der Waals surface area contributed by atoms with Gasteiger partial charge in [0.15, 0.2) is 0 Å². The van der Waals surface area contributed by atoms with Gasteiger partial charge in [0, 0.05) is 25.9 Å². The van der Waals surface area contributed by atoms with Gasteiger partial charge in [-0.1, -0.05) is 12.8 Å². The summed E-state index contributed by atoms with van der Waals surface area (Å²) < 4.78 is 11.0. The van der Waals surface area contributed by atoms with Gasteiger partial charge in [0.1, 0.15) is 12.2 Å². The molecule has 2 aliphatic rings. The molecule has 0 bridgehead atoms. The largest absolute Gasteiger partial charge is 0.461 e. The van der Waals surface area contributed by atoms with Gasteiger partial charge in [-0.15, -0.1) is 0 Å². The van der Waals surface area contributed by atoms with E-state index in [1.807, 2.05) is 13.8 Å². The maximum Gasteiger partial charge on any atom is 0.306 e. The molecular formula is C22H40N2O4. The van der Waals surface area contributed by atoms with Crippen molar-refractivity contribution in [3.05, 3.63) is 0 Å². The second-order valence-electron chi connectivity index (χ2n) is 8.53. The average molecular weight is 397 g/mol. The first-order chi connectivity index (χ1) is 13.5. The molecule has 2 saturated heterocycles. The molecule has 0 spiro atoms. The number of ether oxygens (including phenoxy) is 2. The fourth-order valence-corrected chi connectivity index (χ4v) is 4.19. The van der Waals surface area contributed by atoms with Crippen molar-refractivity contribution in [2.75, 3.05) is 39.3 Å². The number of carbonyl (C=O) groups is 2. The fraction of sp³-hybridized carbons (Fsp3) is 0.909. The van der Waals surface area contributed by atoms with E-state index >= 15 is 0 Å². The Labute approximate surface area is 170 Å². The Balaban J connectivity index is 1.48. The van der Waals surface area contributed by atoms with Crippen molar-refractivity contribution < 1.29 is 19.1 Å². The van der Waals surface area contributed by atoms with Crippen LogP contribution in [0.5, 0.6) is 0 Å². The third-order valence-electron chi connectivity index (χ3n) is 5.61. The quantitative estimate of drug-likeness (QED) is 0.394. The first kappa shape index (κ1) is 23.1. The van der Waals surface area contributed by atoms with Crippen molar-refractivity contribution >= 4 is 11.9 Å². The lowest BCUT2D eigenvalue weighted by Gasteiger charge is -2.28. The predicted molar refractivity (Wildman–Crippen MR) is 110 cm³/mol. The van der Waals surface area contributed by atoms with Crippen LogP contribution in [0.3, 0.4) is 0 Å². The number of nitrogens with zero attached hydrogens (tertiary/aromatic N) is 2. The molecule has 0 unspecified atom stereocenters. The molecular weight excluding hydrogens is 356 g/mol. The highest BCUT2D eigenvalue weighted by Crippen LogP contribution is 2.12. The van der Waals surface area contributed by atoms with Gasteiger partial charge in [-0.3, -0.25) is 19.4 Å². The average Bonchev–Trinajstić information content (AvgIpc) is 2.66. The van der Waals surface area contributed by atoms with Gasteiger partial charge in [0.25, 0.3) is 0 Å². The number of unbranched alkanes of at least 4 members (excludes halogenated alkanes) is 1. The molecule has 2 rings (SSSR count). The van der Waals surface area contributed by atoms with E-state index in [4.69, 9.17) is 9.47 Å². The summed E-state index contributed by atoms with van der Waals surface area (Å²) in [6.45, 7) is 10.0. The maximum absolute atomic E-state index is 12.0. The molecule has 2 heterocycles. The third-order valence-corrected chi connectivity index (χ3v) is 5.61. The van der Waals surface area contributed by atoms with Gasteiger partial charge in [0.05, 0.1) is 0 Å². The monoisotopic (exact) mass is 396 g/mol. The molecule has 0 aromatic heterocycles. The molecule has 2 fully saturated rings. The van der Waals surface area contributed by atoms with E-state index < -0.39 is 0 Å². The molecule has 2 aliphatic heterocycles. The minimum absolute atomic E-state index is 0.0637. The highest BCUT2D eigenvalue weighted by Gasteiger charge is 2.18. The number of carbonyl (C=O) groups excluding carboxylic acids is 2. The Morgan fingerprint density at radius 1 is 0.679 bits per heavy atom. The van der Waals surface area contributed by atoms with Gasteiger partial charge in [-0.05, 0) is 78.6 Å². The summed E-state index contributed by atoms with van der Waals surface area (Å²) in [7, 11) is 0. The lowest BCUT2D eigenvalue weighted by atomic mass is 10.1. The highest BCUT2D eigenvalue weighted by atomic mass is 16.5. The molecule has 0 radical (unpaired) electrons. The van der Waals surface area contributed by atoms with Crippen LogP contribution in [0.2, 0.25) is 0 Å². The van der Waals surface area contributed by atoms with Crippen LogP contribution in [0.25, 0.3) is 0 Å². The van der Waals surface area contributed by atoms with Crippen LogP contribution >= 0.6 is 0 Å². The van der Waals surface area contributed by atoms with E-state index in [1.54, 1.807) is 0 Å². The van der Waals surface area contributed by atoms with Crippen molar-refractivity contribution in [2.24, 2.45) is 0 Å². The number of rotatable bonds is 11. The van der Waals surface area contributed by atoms with E-state index in [9.17, 15) is 9.59 Å². The Morgan fingerprint density at radius 2 is 1.04 bits per heavy atom. The molecule has 0 N–H and O–H groups in total. The van der Waals surface area contributed by atoms with Crippen LogP contribution in [0.1, 0.15) is 78.1 Å². The minimum atomic E-state index is -0.156. The summed E-state index contributed by atoms with van der Waals surface area (Å²) in [5.41, 5.74) is 0.